The third-order valence-electron chi connectivity index (χ3n) is 5.32. The van der Waals surface area contributed by atoms with E-state index in [1.54, 1.807) is 24.5 Å². The Hall–Kier alpha value is -3.52. The van der Waals surface area contributed by atoms with Crippen molar-refractivity contribution < 1.29 is 9.84 Å². The van der Waals surface area contributed by atoms with Crippen LogP contribution in [0.5, 0.6) is 11.5 Å². The normalized spacial score (nSPS) is 13.8. The average Bonchev–Trinajstić information content (AvgIpc) is 3.03. The number of methoxy groups -OCH3 is 1. The number of nitrogens with one attached hydrogen (secondary N) is 1. The number of ether oxygens (including phenoxy) is 1. The minimum Gasteiger partial charge on any atom is -0.504 e. The molecular formula is C22H22N6O2. The van der Waals surface area contributed by atoms with Gasteiger partial charge < -0.3 is 15.2 Å². The van der Waals surface area contributed by atoms with E-state index in [0.717, 1.165) is 59.8 Å². The number of fused-ring (bicyclic) bond motifs is 2. The van der Waals surface area contributed by atoms with Crippen LogP contribution >= 0.6 is 0 Å². The van der Waals surface area contributed by atoms with E-state index in [0.29, 0.717) is 17.0 Å². The first kappa shape index (κ1) is 18.5. The van der Waals surface area contributed by atoms with Crippen LogP contribution in [0.2, 0.25) is 0 Å². The van der Waals surface area contributed by atoms with Gasteiger partial charge in [-0.2, -0.15) is 5.10 Å². The van der Waals surface area contributed by atoms with Gasteiger partial charge in [-0.3, -0.25) is 14.6 Å². The van der Waals surface area contributed by atoms with Gasteiger partial charge in [0, 0.05) is 36.3 Å². The zero-order valence-corrected chi connectivity index (χ0v) is 16.9. The molecule has 0 saturated heterocycles. The lowest BCUT2D eigenvalue weighted by Crippen LogP contribution is -2.11. The summed E-state index contributed by atoms with van der Waals surface area (Å²) in [6.45, 7) is 4.56. The molecule has 8 nitrogen and oxygen atoms in total. The molecule has 0 radical (unpaired) electrons. The SMILES string of the molecule is COc1cc2nc(-c3cc4n(n3)CCCNC4)cc(-c3cnc(C)cn3)c2cc1O. The van der Waals surface area contributed by atoms with Gasteiger partial charge in [0.15, 0.2) is 11.5 Å². The monoisotopic (exact) mass is 402 g/mol. The maximum atomic E-state index is 10.3. The summed E-state index contributed by atoms with van der Waals surface area (Å²) in [6, 6.07) is 7.44. The van der Waals surface area contributed by atoms with Crippen molar-refractivity contribution in [1.29, 1.82) is 0 Å². The number of nitrogens with zero attached hydrogens (tertiary/aromatic N) is 5. The zero-order valence-electron chi connectivity index (χ0n) is 16.9. The van der Waals surface area contributed by atoms with Crippen LogP contribution in [0.4, 0.5) is 0 Å². The lowest BCUT2D eigenvalue weighted by molar-refractivity contribution is 0.374. The van der Waals surface area contributed by atoms with Crippen LogP contribution in [-0.2, 0) is 13.1 Å². The Morgan fingerprint density at radius 3 is 2.77 bits per heavy atom. The van der Waals surface area contributed by atoms with Crippen molar-refractivity contribution in [3.05, 3.63) is 48.0 Å². The lowest BCUT2D eigenvalue weighted by Gasteiger charge is -2.11. The van der Waals surface area contributed by atoms with Crippen LogP contribution in [0.15, 0.2) is 36.7 Å². The minimum atomic E-state index is 0.0562. The number of rotatable bonds is 3. The molecule has 0 unspecified atom stereocenters. The first-order chi connectivity index (χ1) is 14.6. The van der Waals surface area contributed by atoms with Crippen molar-refractivity contribution >= 4 is 10.9 Å². The quantitative estimate of drug-likeness (QED) is 0.543. The van der Waals surface area contributed by atoms with Crippen LogP contribution < -0.4 is 10.1 Å². The van der Waals surface area contributed by atoms with E-state index < -0.39 is 0 Å². The molecule has 0 bridgehead atoms. The van der Waals surface area contributed by atoms with Gasteiger partial charge in [-0.1, -0.05) is 0 Å². The Balaban J connectivity index is 1.73. The van der Waals surface area contributed by atoms with E-state index in [-0.39, 0.29) is 5.75 Å². The Morgan fingerprint density at radius 2 is 1.97 bits per heavy atom. The third kappa shape index (κ3) is 3.25. The maximum Gasteiger partial charge on any atom is 0.162 e. The van der Waals surface area contributed by atoms with Crippen LogP contribution in [0.25, 0.3) is 33.5 Å². The molecule has 1 aromatic carbocycles. The fraction of sp³-hybridized carbons (Fsp3) is 0.273. The molecule has 0 saturated carbocycles. The standard InChI is InChI=1S/C22H22N6O2/c1-13-10-25-20(12-24-13)15-7-18(19-6-14-11-23-4-3-5-28(14)27-19)26-17-9-22(30-2)21(29)8-16(15)17/h6-10,12,23,29H,3-5,11H2,1-2H3. The number of benzene rings is 1. The molecule has 1 aliphatic rings. The summed E-state index contributed by atoms with van der Waals surface area (Å²) in [5.74, 6) is 0.429. The van der Waals surface area contributed by atoms with E-state index in [1.165, 1.54) is 7.11 Å². The fourth-order valence-electron chi connectivity index (χ4n) is 3.77. The second-order valence-electron chi connectivity index (χ2n) is 7.41. The number of aromatic nitrogens is 5. The molecule has 8 heteroatoms. The van der Waals surface area contributed by atoms with Crippen molar-refractivity contribution in [2.45, 2.75) is 26.4 Å². The van der Waals surface area contributed by atoms with Gasteiger partial charge in [-0.25, -0.2) is 4.98 Å². The highest BCUT2D eigenvalue weighted by Gasteiger charge is 2.17. The second-order valence-corrected chi connectivity index (χ2v) is 7.41. The molecule has 0 aliphatic carbocycles. The average molecular weight is 402 g/mol. The molecular weight excluding hydrogens is 380 g/mol. The first-order valence-electron chi connectivity index (χ1n) is 9.91. The third-order valence-corrected chi connectivity index (χ3v) is 5.32. The topological polar surface area (TPSA) is 98.0 Å². The summed E-state index contributed by atoms with van der Waals surface area (Å²) in [5.41, 5.74) is 5.78. The first-order valence-corrected chi connectivity index (χ1v) is 9.91. The summed E-state index contributed by atoms with van der Waals surface area (Å²) in [4.78, 5) is 13.8. The Morgan fingerprint density at radius 1 is 1.07 bits per heavy atom. The van der Waals surface area contributed by atoms with Crippen molar-refractivity contribution in [2.75, 3.05) is 13.7 Å². The highest BCUT2D eigenvalue weighted by molar-refractivity contribution is 5.97. The molecule has 4 aromatic rings. The number of hydrogen-bond acceptors (Lipinski definition) is 7. The van der Waals surface area contributed by atoms with Crippen LogP contribution in [0, 0.1) is 6.92 Å². The molecule has 0 atom stereocenters. The predicted molar refractivity (Wildman–Crippen MR) is 113 cm³/mol. The Kier molecular flexibility index (Phi) is 4.55. The summed E-state index contributed by atoms with van der Waals surface area (Å²) in [7, 11) is 1.52. The van der Waals surface area contributed by atoms with Gasteiger partial charge in [0.25, 0.3) is 0 Å². The highest BCUT2D eigenvalue weighted by atomic mass is 16.5. The molecule has 2 N–H and O–H groups in total. The smallest absolute Gasteiger partial charge is 0.162 e. The lowest BCUT2D eigenvalue weighted by atomic mass is 10.0. The molecule has 0 fully saturated rings. The summed E-state index contributed by atoms with van der Waals surface area (Å²) >= 11 is 0. The number of pyridine rings is 1. The zero-order chi connectivity index (χ0) is 20.7. The van der Waals surface area contributed by atoms with E-state index in [1.807, 2.05) is 17.7 Å². The molecule has 3 aromatic heterocycles. The Labute approximate surface area is 173 Å². The molecule has 30 heavy (non-hydrogen) atoms. The summed E-state index contributed by atoms with van der Waals surface area (Å²) < 4.78 is 7.34. The molecule has 5 rings (SSSR count). The molecule has 0 amide bonds. The van der Waals surface area contributed by atoms with Crippen LogP contribution in [0.1, 0.15) is 17.8 Å². The minimum absolute atomic E-state index is 0.0562. The highest BCUT2D eigenvalue weighted by Crippen LogP contribution is 2.37. The van der Waals surface area contributed by atoms with Gasteiger partial charge in [-0.15, -0.1) is 0 Å². The van der Waals surface area contributed by atoms with Gasteiger partial charge in [-0.05, 0) is 38.1 Å². The van der Waals surface area contributed by atoms with Crippen LogP contribution in [-0.4, -0.2) is 43.5 Å². The van der Waals surface area contributed by atoms with Gasteiger partial charge >= 0.3 is 0 Å². The predicted octanol–water partition coefficient (Wildman–Crippen LogP) is 3.07. The maximum absolute atomic E-state index is 10.3. The second kappa shape index (κ2) is 7.38. The van der Waals surface area contributed by atoms with Crippen molar-refractivity contribution in [3.63, 3.8) is 0 Å². The van der Waals surface area contributed by atoms with Crippen LogP contribution in [0.3, 0.4) is 0 Å². The summed E-state index contributed by atoms with van der Waals surface area (Å²) in [6.07, 6.45) is 4.51. The van der Waals surface area contributed by atoms with E-state index in [4.69, 9.17) is 14.8 Å². The molecule has 4 heterocycles. The largest absolute Gasteiger partial charge is 0.504 e. The number of hydrogen-bond donors (Lipinski definition) is 2. The van der Waals surface area contributed by atoms with Gasteiger partial charge in [0.1, 0.15) is 5.69 Å². The van der Waals surface area contributed by atoms with Gasteiger partial charge in [0.2, 0.25) is 0 Å². The van der Waals surface area contributed by atoms with E-state index in [9.17, 15) is 5.11 Å². The Bertz CT molecular complexity index is 1210. The number of phenols is 1. The van der Waals surface area contributed by atoms with Gasteiger partial charge in [0.05, 0.1) is 41.6 Å². The van der Waals surface area contributed by atoms with Crippen molar-refractivity contribution in [2.24, 2.45) is 0 Å². The van der Waals surface area contributed by atoms with Crippen molar-refractivity contribution in [3.8, 4) is 34.1 Å². The fourth-order valence-corrected chi connectivity index (χ4v) is 3.77. The van der Waals surface area contributed by atoms with E-state index in [2.05, 4.69) is 21.4 Å². The molecule has 152 valence electrons. The summed E-state index contributed by atoms with van der Waals surface area (Å²) in [5, 5.41) is 19.3. The number of aryl methyl sites for hydroxylation is 2. The van der Waals surface area contributed by atoms with Crippen molar-refractivity contribution in [1.82, 2.24) is 30.0 Å². The number of aromatic hydroxyl groups is 1. The molecule has 1 aliphatic heterocycles. The molecule has 0 spiro atoms. The van der Waals surface area contributed by atoms with E-state index >= 15 is 0 Å². The number of phenolic OH excluding ortho intramolecular Hbond substituents is 1.